The summed E-state index contributed by atoms with van der Waals surface area (Å²) in [5.41, 5.74) is 0.975. The Kier molecular flexibility index (Phi) is 3.32. The average Bonchev–Trinajstić information content (AvgIpc) is 2.32. The number of nitrogens with one attached hydrogen (secondary N) is 1. The minimum Gasteiger partial charge on any atom is -0.307 e. The van der Waals surface area contributed by atoms with Crippen molar-refractivity contribution in [3.8, 4) is 0 Å². The number of carbonyl (C=O) groups excluding carboxylic acids is 1. The van der Waals surface area contributed by atoms with Crippen molar-refractivity contribution in [3.63, 3.8) is 0 Å². The first-order valence-corrected chi connectivity index (χ1v) is 5.25. The summed E-state index contributed by atoms with van der Waals surface area (Å²) in [5, 5.41) is 2.51. The third kappa shape index (κ3) is 2.68. The first-order valence-electron chi connectivity index (χ1n) is 5.25. The van der Waals surface area contributed by atoms with E-state index >= 15 is 0 Å². The number of aromatic nitrogens is 1. The van der Waals surface area contributed by atoms with E-state index in [0.717, 1.165) is 17.7 Å². The Morgan fingerprint density at radius 2 is 1.94 bits per heavy atom. The summed E-state index contributed by atoms with van der Waals surface area (Å²) in [7, 11) is 0. The maximum absolute atomic E-state index is 13.0. The van der Waals surface area contributed by atoms with Crippen molar-refractivity contribution in [2.24, 2.45) is 0 Å². The van der Waals surface area contributed by atoms with E-state index in [1.54, 1.807) is 18.3 Å². The van der Waals surface area contributed by atoms with Crippen molar-refractivity contribution < 1.29 is 13.6 Å². The maximum atomic E-state index is 13.0. The van der Waals surface area contributed by atoms with Gasteiger partial charge in [0.2, 0.25) is 0 Å². The number of rotatable bonds is 2. The second kappa shape index (κ2) is 4.91. The molecule has 1 N–H and O–H groups in total. The summed E-state index contributed by atoms with van der Waals surface area (Å²) >= 11 is 0. The van der Waals surface area contributed by atoms with Crippen LogP contribution >= 0.6 is 0 Å². The number of nitrogens with zero attached hydrogens (tertiary/aromatic N) is 1. The van der Waals surface area contributed by atoms with E-state index in [9.17, 15) is 13.6 Å². The van der Waals surface area contributed by atoms with Crippen LogP contribution in [0.5, 0.6) is 0 Å². The van der Waals surface area contributed by atoms with Gasteiger partial charge in [-0.05, 0) is 42.8 Å². The van der Waals surface area contributed by atoms with E-state index in [2.05, 4.69) is 10.3 Å². The zero-order valence-corrected chi connectivity index (χ0v) is 9.58. The minimum absolute atomic E-state index is 0.0391. The maximum Gasteiger partial charge on any atom is 0.256 e. The van der Waals surface area contributed by atoms with E-state index in [-0.39, 0.29) is 5.56 Å². The number of aryl methyl sites for hydroxylation is 1. The highest BCUT2D eigenvalue weighted by atomic mass is 19.2. The lowest BCUT2D eigenvalue weighted by atomic mass is 10.2. The van der Waals surface area contributed by atoms with E-state index in [4.69, 9.17) is 0 Å². The molecular formula is C13H10F2N2O. The van der Waals surface area contributed by atoms with Crippen molar-refractivity contribution in [2.75, 3.05) is 5.32 Å². The molecule has 1 heterocycles. The number of hydrogen-bond donors (Lipinski definition) is 1. The fraction of sp³-hybridized carbons (Fsp3) is 0.0769. The van der Waals surface area contributed by atoms with Gasteiger partial charge < -0.3 is 5.32 Å². The van der Waals surface area contributed by atoms with E-state index in [1.165, 1.54) is 6.07 Å². The van der Waals surface area contributed by atoms with Crippen molar-refractivity contribution >= 4 is 11.7 Å². The number of anilines is 1. The van der Waals surface area contributed by atoms with Gasteiger partial charge in [-0.3, -0.25) is 4.79 Å². The van der Waals surface area contributed by atoms with E-state index < -0.39 is 17.5 Å². The highest BCUT2D eigenvalue weighted by molar-refractivity contribution is 6.03. The SMILES string of the molecule is Cc1ccnc(NC(=O)c2ccc(F)c(F)c2)c1. The van der Waals surface area contributed by atoms with Crippen LogP contribution in [0.3, 0.4) is 0 Å². The summed E-state index contributed by atoms with van der Waals surface area (Å²) < 4.78 is 25.7. The van der Waals surface area contributed by atoms with Gasteiger partial charge in [-0.2, -0.15) is 0 Å². The highest BCUT2D eigenvalue weighted by Gasteiger charge is 2.10. The molecule has 0 bridgehead atoms. The molecule has 0 aliphatic rings. The number of amides is 1. The third-order valence-corrected chi connectivity index (χ3v) is 2.34. The fourth-order valence-corrected chi connectivity index (χ4v) is 1.43. The Balaban J connectivity index is 2.19. The molecule has 92 valence electrons. The molecule has 1 aromatic carbocycles. The Morgan fingerprint density at radius 3 is 2.61 bits per heavy atom. The Labute approximate surface area is 102 Å². The summed E-state index contributed by atoms with van der Waals surface area (Å²) in [6.45, 7) is 1.86. The second-order valence-electron chi connectivity index (χ2n) is 3.80. The zero-order chi connectivity index (χ0) is 13.1. The van der Waals surface area contributed by atoms with Crippen LogP contribution in [-0.2, 0) is 0 Å². The van der Waals surface area contributed by atoms with Crippen LogP contribution in [0.4, 0.5) is 14.6 Å². The van der Waals surface area contributed by atoms with Crippen molar-refractivity contribution in [3.05, 3.63) is 59.3 Å². The van der Waals surface area contributed by atoms with Crippen LogP contribution < -0.4 is 5.32 Å². The van der Waals surface area contributed by atoms with Crippen LogP contribution in [0.15, 0.2) is 36.5 Å². The van der Waals surface area contributed by atoms with Crippen LogP contribution in [0.2, 0.25) is 0 Å². The molecule has 2 rings (SSSR count). The summed E-state index contributed by atoms with van der Waals surface area (Å²) in [4.78, 5) is 15.7. The standard InChI is InChI=1S/C13H10F2N2O/c1-8-4-5-16-12(6-8)17-13(18)9-2-3-10(14)11(15)7-9/h2-7H,1H3,(H,16,17,18). The van der Waals surface area contributed by atoms with Gasteiger partial charge in [-0.25, -0.2) is 13.8 Å². The van der Waals surface area contributed by atoms with Gasteiger partial charge in [-0.15, -0.1) is 0 Å². The number of benzene rings is 1. The first-order chi connectivity index (χ1) is 8.56. The van der Waals surface area contributed by atoms with Crippen molar-refractivity contribution in [1.29, 1.82) is 0 Å². The van der Waals surface area contributed by atoms with Gasteiger partial charge in [0.05, 0.1) is 0 Å². The number of hydrogen-bond acceptors (Lipinski definition) is 2. The average molecular weight is 248 g/mol. The van der Waals surface area contributed by atoms with E-state index in [1.807, 2.05) is 6.92 Å². The minimum atomic E-state index is -1.06. The Bertz CT molecular complexity index is 599. The molecule has 0 aliphatic heterocycles. The summed E-state index contributed by atoms with van der Waals surface area (Å²) in [5.74, 6) is -2.21. The number of halogens is 2. The van der Waals surface area contributed by atoms with Crippen LogP contribution in [0, 0.1) is 18.6 Å². The van der Waals surface area contributed by atoms with Crippen molar-refractivity contribution in [2.45, 2.75) is 6.92 Å². The van der Waals surface area contributed by atoms with Gasteiger partial charge in [-0.1, -0.05) is 0 Å². The molecule has 0 saturated carbocycles. The van der Waals surface area contributed by atoms with Gasteiger partial charge in [0.15, 0.2) is 11.6 Å². The molecule has 0 atom stereocenters. The monoisotopic (exact) mass is 248 g/mol. The normalized spacial score (nSPS) is 10.2. The first kappa shape index (κ1) is 12.2. The largest absolute Gasteiger partial charge is 0.307 e. The quantitative estimate of drug-likeness (QED) is 0.887. The number of pyridine rings is 1. The molecule has 0 aliphatic carbocycles. The lowest BCUT2D eigenvalue weighted by molar-refractivity contribution is 0.102. The Morgan fingerprint density at radius 1 is 1.17 bits per heavy atom. The predicted molar refractivity (Wildman–Crippen MR) is 63.3 cm³/mol. The summed E-state index contributed by atoms with van der Waals surface area (Å²) in [6.07, 6.45) is 1.55. The molecule has 0 fully saturated rings. The molecule has 0 radical (unpaired) electrons. The molecule has 0 spiro atoms. The lowest BCUT2D eigenvalue weighted by Gasteiger charge is -2.05. The van der Waals surface area contributed by atoms with Gasteiger partial charge in [0.1, 0.15) is 5.82 Å². The topological polar surface area (TPSA) is 42.0 Å². The van der Waals surface area contributed by atoms with Gasteiger partial charge in [0, 0.05) is 11.8 Å². The third-order valence-electron chi connectivity index (χ3n) is 2.34. The van der Waals surface area contributed by atoms with Gasteiger partial charge in [0.25, 0.3) is 5.91 Å². The molecule has 18 heavy (non-hydrogen) atoms. The summed E-state index contributed by atoms with van der Waals surface area (Å²) in [6, 6.07) is 6.43. The lowest BCUT2D eigenvalue weighted by Crippen LogP contribution is -2.13. The second-order valence-corrected chi connectivity index (χ2v) is 3.80. The van der Waals surface area contributed by atoms with Crippen LogP contribution in [-0.4, -0.2) is 10.9 Å². The van der Waals surface area contributed by atoms with Crippen LogP contribution in [0.25, 0.3) is 0 Å². The molecule has 1 aromatic heterocycles. The molecule has 0 unspecified atom stereocenters. The molecule has 0 saturated heterocycles. The van der Waals surface area contributed by atoms with E-state index in [0.29, 0.717) is 5.82 Å². The molecule has 2 aromatic rings. The zero-order valence-electron chi connectivity index (χ0n) is 9.58. The van der Waals surface area contributed by atoms with Crippen molar-refractivity contribution in [1.82, 2.24) is 4.98 Å². The Hall–Kier alpha value is -2.30. The van der Waals surface area contributed by atoms with Gasteiger partial charge >= 0.3 is 0 Å². The smallest absolute Gasteiger partial charge is 0.256 e. The molecule has 1 amide bonds. The van der Waals surface area contributed by atoms with Crippen LogP contribution in [0.1, 0.15) is 15.9 Å². The molecule has 5 heteroatoms. The molecule has 3 nitrogen and oxygen atoms in total. The fourth-order valence-electron chi connectivity index (χ4n) is 1.43. The predicted octanol–water partition coefficient (Wildman–Crippen LogP) is 2.92. The number of carbonyl (C=O) groups is 1. The molecular weight excluding hydrogens is 238 g/mol. The highest BCUT2D eigenvalue weighted by Crippen LogP contribution is 2.11.